The molecule has 1 aromatic heterocycles. The molecule has 29 heavy (non-hydrogen) atoms. The Hall–Kier alpha value is -1.51. The van der Waals surface area contributed by atoms with Gasteiger partial charge in [0, 0.05) is 19.3 Å². The second-order valence-corrected chi connectivity index (χ2v) is 11.0. The quantitative estimate of drug-likeness (QED) is 0.532. The van der Waals surface area contributed by atoms with Crippen LogP contribution >= 0.6 is 0 Å². The summed E-state index contributed by atoms with van der Waals surface area (Å²) in [6, 6.07) is 4.19. The summed E-state index contributed by atoms with van der Waals surface area (Å²) in [4.78, 5) is 16.9. The molecule has 1 amide bonds. The van der Waals surface area contributed by atoms with E-state index in [-0.39, 0.29) is 16.9 Å². The lowest BCUT2D eigenvalue weighted by Crippen LogP contribution is -2.50. The van der Waals surface area contributed by atoms with Crippen molar-refractivity contribution in [2.45, 2.75) is 76.2 Å². The fraction of sp³-hybridized carbons (Fsp3) is 0.714. The van der Waals surface area contributed by atoms with Gasteiger partial charge in [0.05, 0.1) is 35.7 Å². The first-order valence-corrected chi connectivity index (χ1v) is 11.6. The zero-order chi connectivity index (χ0) is 21.0. The number of aromatic nitrogens is 1. The third-order valence-corrected chi connectivity index (χ3v) is 7.45. The first kappa shape index (κ1) is 22.2. The zero-order valence-electron chi connectivity index (χ0n) is 17.7. The molecule has 0 aliphatic carbocycles. The van der Waals surface area contributed by atoms with Crippen LogP contribution in [-0.4, -0.2) is 62.2 Å². The van der Waals surface area contributed by atoms with E-state index >= 15 is 0 Å². The monoisotopic (exact) mass is 423 g/mol. The molecule has 0 bridgehead atoms. The topological polar surface area (TPSA) is 89.0 Å². The van der Waals surface area contributed by atoms with E-state index in [0.29, 0.717) is 19.7 Å². The van der Waals surface area contributed by atoms with Gasteiger partial charge in [0.25, 0.3) is 0 Å². The number of rotatable bonds is 7. The molecule has 3 atom stereocenters. The van der Waals surface area contributed by atoms with E-state index in [0.717, 1.165) is 49.9 Å². The van der Waals surface area contributed by atoms with Crippen molar-refractivity contribution < 1.29 is 19.2 Å². The lowest BCUT2D eigenvalue weighted by atomic mass is 9.98. The highest BCUT2D eigenvalue weighted by atomic mass is 32.2. The number of pyridine rings is 1. The molecule has 0 radical (unpaired) electrons. The number of unbranched alkanes of at least 4 members (excludes halogenated alkanes) is 1. The van der Waals surface area contributed by atoms with Crippen LogP contribution in [0.25, 0.3) is 0 Å². The van der Waals surface area contributed by atoms with Crippen molar-refractivity contribution in [3.05, 3.63) is 24.0 Å². The van der Waals surface area contributed by atoms with Crippen molar-refractivity contribution in [2.75, 3.05) is 24.0 Å². The molecule has 1 fully saturated rings. The van der Waals surface area contributed by atoms with E-state index in [1.807, 2.05) is 39.1 Å². The van der Waals surface area contributed by atoms with Gasteiger partial charge in [-0.1, -0.05) is 0 Å². The molecule has 8 heteroatoms. The standard InChI is InChI=1S/C21H33N3O4S/c1-21(2,3)29(27)24-16(9-10-18-19(24)8-6-12-22-18)7-4-5-14-28-17-11-13-23(15-17)20(25)26/h6,8,12,16-17H,4-5,7,9-11,13-15H2,1-3H3,(H,25,26)/t16-,17-,29-/m1/s1. The summed E-state index contributed by atoms with van der Waals surface area (Å²) in [5.41, 5.74) is 2.04. The molecule has 0 saturated carbocycles. The molecule has 1 aromatic rings. The van der Waals surface area contributed by atoms with Crippen molar-refractivity contribution in [3.63, 3.8) is 0 Å². The molecule has 3 heterocycles. The summed E-state index contributed by atoms with van der Waals surface area (Å²) in [5.74, 6) is 0. The second-order valence-electron chi connectivity index (χ2n) is 8.85. The first-order chi connectivity index (χ1) is 13.8. The highest BCUT2D eigenvalue weighted by Gasteiger charge is 2.41. The minimum Gasteiger partial charge on any atom is -0.593 e. The Bertz CT molecular complexity index is 697. The van der Waals surface area contributed by atoms with Crippen LogP contribution < -0.4 is 4.31 Å². The molecule has 162 valence electrons. The number of aryl methyl sites for hydroxylation is 1. The highest BCUT2D eigenvalue weighted by Crippen LogP contribution is 2.37. The number of anilines is 1. The minimum absolute atomic E-state index is 0.0172. The van der Waals surface area contributed by atoms with Crippen LogP contribution in [0.4, 0.5) is 10.5 Å². The van der Waals surface area contributed by atoms with E-state index < -0.39 is 17.5 Å². The van der Waals surface area contributed by atoms with Crippen LogP contribution in [0.5, 0.6) is 0 Å². The van der Waals surface area contributed by atoms with Gasteiger partial charge in [-0.2, -0.15) is 4.31 Å². The minimum atomic E-state index is -1.13. The maximum absolute atomic E-state index is 13.3. The number of carboxylic acid groups (broad SMARTS) is 1. The van der Waals surface area contributed by atoms with Gasteiger partial charge in [0.2, 0.25) is 0 Å². The Labute approximate surface area is 176 Å². The largest absolute Gasteiger partial charge is 0.593 e. The van der Waals surface area contributed by atoms with Crippen LogP contribution in [0.3, 0.4) is 0 Å². The number of fused-ring (bicyclic) bond motifs is 1. The SMILES string of the molecule is CC(C)(C)[S@@+]([O-])N1c2cccnc2CC[C@H]1CCCCO[C@@H]1CCN(C(=O)O)C1. The second kappa shape index (κ2) is 9.53. The molecule has 1 N–H and O–H groups in total. The van der Waals surface area contributed by atoms with Crippen LogP contribution in [-0.2, 0) is 22.5 Å². The van der Waals surface area contributed by atoms with Crippen LogP contribution in [0.15, 0.2) is 18.3 Å². The lowest BCUT2D eigenvalue weighted by Gasteiger charge is -2.41. The van der Waals surface area contributed by atoms with Gasteiger partial charge in [0.1, 0.15) is 10.4 Å². The Morgan fingerprint density at radius 3 is 2.86 bits per heavy atom. The average Bonchev–Trinajstić information content (AvgIpc) is 3.15. The number of nitrogens with zero attached hydrogens (tertiary/aromatic N) is 3. The van der Waals surface area contributed by atoms with Gasteiger partial charge in [-0.3, -0.25) is 4.98 Å². The van der Waals surface area contributed by atoms with Gasteiger partial charge < -0.3 is 19.3 Å². The number of likely N-dealkylation sites (tertiary alicyclic amines) is 1. The molecular weight excluding hydrogens is 390 g/mol. The molecule has 0 spiro atoms. The first-order valence-electron chi connectivity index (χ1n) is 10.5. The van der Waals surface area contributed by atoms with E-state index in [1.54, 1.807) is 0 Å². The smallest absolute Gasteiger partial charge is 0.407 e. The maximum atomic E-state index is 13.3. The van der Waals surface area contributed by atoms with Crippen molar-refractivity contribution in [2.24, 2.45) is 0 Å². The van der Waals surface area contributed by atoms with Gasteiger partial charge in [0.15, 0.2) is 0 Å². The van der Waals surface area contributed by atoms with Gasteiger partial charge in [-0.15, -0.1) is 0 Å². The third-order valence-electron chi connectivity index (χ3n) is 5.55. The Morgan fingerprint density at radius 1 is 1.38 bits per heavy atom. The van der Waals surface area contributed by atoms with E-state index in [1.165, 1.54) is 4.90 Å². The van der Waals surface area contributed by atoms with Crippen LogP contribution in [0.1, 0.15) is 58.6 Å². The number of hydrogen-bond donors (Lipinski definition) is 1. The predicted octanol–water partition coefficient (Wildman–Crippen LogP) is 3.60. The Kier molecular flexibility index (Phi) is 7.29. The zero-order valence-corrected chi connectivity index (χ0v) is 18.5. The average molecular weight is 424 g/mol. The summed E-state index contributed by atoms with van der Waals surface area (Å²) >= 11 is -1.13. The fourth-order valence-electron chi connectivity index (χ4n) is 3.99. The van der Waals surface area contributed by atoms with E-state index in [2.05, 4.69) is 9.29 Å². The number of hydrogen-bond acceptors (Lipinski definition) is 5. The summed E-state index contributed by atoms with van der Waals surface area (Å²) in [7, 11) is 0. The molecule has 0 aromatic carbocycles. The van der Waals surface area contributed by atoms with Crippen LogP contribution in [0, 0.1) is 0 Å². The molecular formula is C21H33N3O4S. The maximum Gasteiger partial charge on any atom is 0.407 e. The third kappa shape index (κ3) is 5.55. The van der Waals surface area contributed by atoms with Crippen molar-refractivity contribution in [1.82, 2.24) is 9.88 Å². The van der Waals surface area contributed by atoms with E-state index in [4.69, 9.17) is 9.84 Å². The number of carbonyl (C=O) groups is 1. The molecule has 2 aliphatic rings. The number of ether oxygens (including phenoxy) is 1. The number of amides is 1. The van der Waals surface area contributed by atoms with Gasteiger partial charge >= 0.3 is 6.09 Å². The van der Waals surface area contributed by atoms with Gasteiger partial charge in [-0.25, -0.2) is 4.79 Å². The summed E-state index contributed by atoms with van der Waals surface area (Å²) in [6.45, 7) is 7.72. The van der Waals surface area contributed by atoms with Crippen molar-refractivity contribution in [3.8, 4) is 0 Å². The normalized spacial score (nSPS) is 23.2. The Balaban J connectivity index is 1.51. The van der Waals surface area contributed by atoms with Gasteiger partial charge in [-0.05, 0) is 71.4 Å². The summed E-state index contributed by atoms with van der Waals surface area (Å²) < 4.78 is 20.9. The van der Waals surface area contributed by atoms with Crippen LogP contribution in [0.2, 0.25) is 0 Å². The van der Waals surface area contributed by atoms with E-state index in [9.17, 15) is 9.35 Å². The fourth-order valence-corrected chi connectivity index (χ4v) is 5.41. The summed E-state index contributed by atoms with van der Waals surface area (Å²) in [5, 5.41) is 9.02. The molecule has 1 saturated heterocycles. The molecule has 0 unspecified atom stereocenters. The lowest BCUT2D eigenvalue weighted by molar-refractivity contribution is 0.0558. The predicted molar refractivity (Wildman–Crippen MR) is 115 cm³/mol. The molecule has 7 nitrogen and oxygen atoms in total. The highest BCUT2D eigenvalue weighted by molar-refractivity contribution is 7.94. The van der Waals surface area contributed by atoms with Crippen molar-refractivity contribution >= 4 is 23.1 Å². The summed E-state index contributed by atoms with van der Waals surface area (Å²) in [6.07, 6.45) is 6.50. The Morgan fingerprint density at radius 2 is 2.17 bits per heavy atom. The molecule has 3 rings (SSSR count). The van der Waals surface area contributed by atoms with Crippen molar-refractivity contribution in [1.29, 1.82) is 0 Å². The molecule has 2 aliphatic heterocycles.